The van der Waals surface area contributed by atoms with Crippen LogP contribution in [-0.2, 0) is 26.2 Å². The van der Waals surface area contributed by atoms with Gasteiger partial charge in [0.1, 0.15) is 18.3 Å². The zero-order valence-electron chi connectivity index (χ0n) is 23.4. The highest BCUT2D eigenvalue weighted by Crippen LogP contribution is 2.27. The molecule has 0 radical (unpaired) electrons. The van der Waals surface area contributed by atoms with Gasteiger partial charge >= 0.3 is 0 Å². The number of amides is 2. The molecule has 0 aromatic heterocycles. The molecule has 214 valence electrons. The summed E-state index contributed by atoms with van der Waals surface area (Å²) < 4.78 is 35.0. The zero-order valence-corrected chi connectivity index (χ0v) is 25.8. The monoisotopic (exact) mass is 629 g/mol. The van der Waals surface area contributed by atoms with Crippen LogP contribution in [0.3, 0.4) is 0 Å². The lowest BCUT2D eigenvalue weighted by atomic mass is 10.1. The molecule has 0 unspecified atom stereocenters. The zero-order chi connectivity index (χ0) is 29.4. The molecule has 0 aliphatic carbocycles. The van der Waals surface area contributed by atoms with Crippen LogP contribution < -0.4 is 14.4 Å². The van der Waals surface area contributed by atoms with Crippen LogP contribution in [0.4, 0.5) is 5.69 Å². The number of halogens is 1. The van der Waals surface area contributed by atoms with E-state index in [-0.39, 0.29) is 23.4 Å². The van der Waals surface area contributed by atoms with E-state index in [1.165, 1.54) is 17.0 Å². The van der Waals surface area contributed by atoms with E-state index < -0.39 is 28.5 Å². The number of methoxy groups -OCH3 is 1. The van der Waals surface area contributed by atoms with Crippen molar-refractivity contribution in [2.45, 2.75) is 57.6 Å². The third-order valence-corrected chi connectivity index (χ3v) is 8.62. The number of sulfonamides is 1. The molecule has 8 nitrogen and oxygen atoms in total. The summed E-state index contributed by atoms with van der Waals surface area (Å²) in [7, 11) is -2.56. The molecule has 3 rings (SSSR count). The molecule has 40 heavy (non-hydrogen) atoms. The average Bonchev–Trinajstić information content (AvgIpc) is 2.92. The summed E-state index contributed by atoms with van der Waals surface area (Å²) in [5.41, 5.74) is 2.00. The van der Waals surface area contributed by atoms with Crippen LogP contribution in [0.25, 0.3) is 0 Å². The minimum Gasteiger partial charge on any atom is -0.497 e. The van der Waals surface area contributed by atoms with E-state index in [4.69, 9.17) is 4.74 Å². The van der Waals surface area contributed by atoms with E-state index in [1.807, 2.05) is 39.8 Å². The second-order valence-electron chi connectivity index (χ2n) is 9.76. The number of carbonyl (C=O) groups is 2. The highest BCUT2D eigenvalue weighted by molar-refractivity contribution is 9.10. The van der Waals surface area contributed by atoms with Gasteiger partial charge in [0.05, 0.1) is 17.7 Å². The Morgan fingerprint density at radius 1 is 1.00 bits per heavy atom. The molecule has 1 N–H and O–H groups in total. The molecule has 2 amide bonds. The topological polar surface area (TPSA) is 96.0 Å². The second-order valence-corrected chi connectivity index (χ2v) is 12.5. The van der Waals surface area contributed by atoms with Gasteiger partial charge in [0, 0.05) is 17.1 Å². The molecular weight excluding hydrogens is 594 g/mol. The summed E-state index contributed by atoms with van der Waals surface area (Å²) >= 11 is 3.39. The van der Waals surface area contributed by atoms with Crippen LogP contribution in [0, 0.1) is 6.92 Å². The van der Waals surface area contributed by atoms with Crippen LogP contribution in [0.15, 0.2) is 82.2 Å². The van der Waals surface area contributed by atoms with E-state index in [0.29, 0.717) is 17.9 Å². The lowest BCUT2D eigenvalue weighted by Gasteiger charge is -2.33. The summed E-state index contributed by atoms with van der Waals surface area (Å²) in [6.07, 6.45) is 0.345. The van der Waals surface area contributed by atoms with Crippen molar-refractivity contribution in [1.82, 2.24) is 10.2 Å². The molecule has 0 spiro atoms. The molecule has 0 saturated carbocycles. The molecule has 0 aliphatic heterocycles. The van der Waals surface area contributed by atoms with Crippen LogP contribution in [0.5, 0.6) is 5.75 Å². The number of carbonyl (C=O) groups excluding carboxylic acids is 2. The number of rotatable bonds is 12. The van der Waals surface area contributed by atoms with Gasteiger partial charge in [-0.2, -0.15) is 0 Å². The number of benzene rings is 3. The predicted molar refractivity (Wildman–Crippen MR) is 161 cm³/mol. The van der Waals surface area contributed by atoms with Crippen LogP contribution in [-0.4, -0.2) is 50.9 Å². The second kappa shape index (κ2) is 13.8. The number of aryl methyl sites for hydroxylation is 1. The lowest BCUT2D eigenvalue weighted by Crippen LogP contribution is -2.53. The predicted octanol–water partition coefficient (Wildman–Crippen LogP) is 5.29. The van der Waals surface area contributed by atoms with E-state index in [0.717, 1.165) is 19.9 Å². The molecular formula is C30H36BrN3O5S. The van der Waals surface area contributed by atoms with Gasteiger partial charge in [0.15, 0.2) is 0 Å². The lowest BCUT2D eigenvalue weighted by molar-refractivity contribution is -0.140. The first-order valence-corrected chi connectivity index (χ1v) is 15.3. The van der Waals surface area contributed by atoms with E-state index >= 15 is 0 Å². The van der Waals surface area contributed by atoms with Gasteiger partial charge in [-0.15, -0.1) is 0 Å². The Labute approximate surface area is 245 Å². The molecule has 0 bridgehead atoms. The number of nitrogens with one attached hydrogen (secondary N) is 1. The van der Waals surface area contributed by atoms with E-state index in [9.17, 15) is 18.0 Å². The first-order valence-electron chi connectivity index (χ1n) is 13.0. The maximum absolute atomic E-state index is 14.1. The maximum atomic E-state index is 14.1. The summed E-state index contributed by atoms with van der Waals surface area (Å²) in [6, 6.07) is 19.5. The average molecular weight is 631 g/mol. The van der Waals surface area contributed by atoms with Crippen molar-refractivity contribution in [2.24, 2.45) is 0 Å². The Balaban J connectivity index is 2.06. The Bertz CT molecular complexity index is 1410. The number of nitrogens with zero attached hydrogens (tertiary/aromatic N) is 2. The fourth-order valence-electron chi connectivity index (χ4n) is 4.24. The number of hydrogen-bond donors (Lipinski definition) is 1. The Kier molecular flexibility index (Phi) is 10.8. The Hall–Kier alpha value is -3.37. The normalized spacial score (nSPS) is 12.1. The third kappa shape index (κ3) is 7.85. The van der Waals surface area contributed by atoms with Crippen molar-refractivity contribution in [1.29, 1.82) is 0 Å². The first kappa shape index (κ1) is 31.2. The van der Waals surface area contributed by atoms with Gasteiger partial charge in [-0.25, -0.2) is 8.42 Å². The summed E-state index contributed by atoms with van der Waals surface area (Å²) in [6.45, 7) is 7.00. The fraction of sp³-hybridized carbons (Fsp3) is 0.333. The summed E-state index contributed by atoms with van der Waals surface area (Å²) in [4.78, 5) is 28.8. The minimum absolute atomic E-state index is 0.0674. The first-order chi connectivity index (χ1) is 19.0. The van der Waals surface area contributed by atoms with Gasteiger partial charge in [-0.3, -0.25) is 13.9 Å². The van der Waals surface area contributed by atoms with E-state index in [2.05, 4.69) is 21.2 Å². The van der Waals surface area contributed by atoms with Crippen molar-refractivity contribution in [3.63, 3.8) is 0 Å². The number of ether oxygens (including phenoxy) is 1. The van der Waals surface area contributed by atoms with Gasteiger partial charge in [-0.05, 0) is 81.3 Å². The fourth-order valence-corrected chi connectivity index (χ4v) is 5.92. The van der Waals surface area contributed by atoms with Gasteiger partial charge in [0.25, 0.3) is 10.0 Å². The molecule has 1 atom stereocenters. The molecule has 3 aromatic carbocycles. The highest BCUT2D eigenvalue weighted by atomic mass is 79.9. The minimum atomic E-state index is -4.12. The number of anilines is 1. The summed E-state index contributed by atoms with van der Waals surface area (Å²) in [5, 5.41) is 2.90. The summed E-state index contributed by atoms with van der Waals surface area (Å²) in [5.74, 6) is -0.194. The Morgan fingerprint density at radius 2 is 1.65 bits per heavy atom. The van der Waals surface area contributed by atoms with Crippen molar-refractivity contribution in [3.05, 3.63) is 88.4 Å². The molecule has 0 fully saturated rings. The third-order valence-electron chi connectivity index (χ3n) is 6.31. The van der Waals surface area contributed by atoms with Crippen LogP contribution in [0.1, 0.15) is 38.3 Å². The van der Waals surface area contributed by atoms with Crippen LogP contribution in [0.2, 0.25) is 0 Å². The highest BCUT2D eigenvalue weighted by Gasteiger charge is 2.33. The molecule has 0 heterocycles. The number of hydrogen-bond acceptors (Lipinski definition) is 5. The smallest absolute Gasteiger partial charge is 0.264 e. The van der Waals surface area contributed by atoms with Crippen molar-refractivity contribution >= 4 is 43.5 Å². The van der Waals surface area contributed by atoms with Gasteiger partial charge < -0.3 is 15.0 Å². The van der Waals surface area contributed by atoms with Crippen molar-refractivity contribution in [2.75, 3.05) is 18.0 Å². The van der Waals surface area contributed by atoms with Crippen molar-refractivity contribution < 1.29 is 22.7 Å². The molecule has 10 heteroatoms. The van der Waals surface area contributed by atoms with E-state index in [1.54, 1.807) is 55.6 Å². The van der Waals surface area contributed by atoms with Crippen molar-refractivity contribution in [3.8, 4) is 5.75 Å². The largest absolute Gasteiger partial charge is 0.497 e. The standard InChI is InChI=1S/C30H36BrN3O5S/c1-6-28(30(36)32-21(2)3)33(19-23-8-7-9-26(18-23)39-5)29(35)20-34(25-14-12-24(31)13-15-25)40(37,38)27-16-10-22(4)11-17-27/h7-18,21,28H,6,19-20H2,1-5H3,(H,32,36)/t28-/m0/s1. The maximum Gasteiger partial charge on any atom is 0.264 e. The Morgan fingerprint density at radius 3 is 2.23 bits per heavy atom. The molecule has 0 aliphatic rings. The molecule has 3 aromatic rings. The SMILES string of the molecule is CC[C@@H](C(=O)NC(C)C)N(Cc1cccc(OC)c1)C(=O)CN(c1ccc(Br)cc1)S(=O)(=O)c1ccc(C)cc1. The van der Waals surface area contributed by atoms with Crippen LogP contribution >= 0.6 is 15.9 Å². The van der Waals surface area contributed by atoms with Gasteiger partial charge in [-0.1, -0.05) is 52.7 Å². The van der Waals surface area contributed by atoms with Gasteiger partial charge in [0.2, 0.25) is 11.8 Å². The quantitative estimate of drug-likeness (QED) is 0.294. The molecule has 0 saturated heterocycles.